The fourth-order valence-electron chi connectivity index (χ4n) is 1.79. The van der Waals surface area contributed by atoms with E-state index in [0.29, 0.717) is 5.69 Å². The highest BCUT2D eigenvalue weighted by Gasteiger charge is 2.49. The molecule has 0 bridgehead atoms. The molecular weight excluding hydrogens is 259 g/mol. The molecule has 0 aromatic carbocycles. The molecule has 2 heterocycles. The molecule has 0 unspecified atom stereocenters. The molecule has 0 amide bonds. The van der Waals surface area contributed by atoms with Gasteiger partial charge >= 0.3 is 7.12 Å². The van der Waals surface area contributed by atoms with Gasteiger partial charge in [-0.3, -0.25) is 15.1 Å². The SMILES string of the molecule is CC1(C)OB(/C=C/c2cc([N+](=O)[O-])ccn2)OC1(C)C. The minimum atomic E-state index is -0.485. The molecule has 20 heavy (non-hydrogen) atoms. The van der Waals surface area contributed by atoms with Crippen LogP contribution in [0.2, 0.25) is 0 Å². The highest BCUT2D eigenvalue weighted by molar-refractivity contribution is 6.52. The van der Waals surface area contributed by atoms with Gasteiger partial charge in [-0.15, -0.1) is 0 Å². The molecule has 0 N–H and O–H groups in total. The molecule has 106 valence electrons. The summed E-state index contributed by atoms with van der Waals surface area (Å²) < 4.78 is 11.6. The van der Waals surface area contributed by atoms with E-state index >= 15 is 0 Å². The third-order valence-corrected chi connectivity index (χ3v) is 3.67. The highest BCUT2D eigenvalue weighted by atomic mass is 16.7. The Hall–Kier alpha value is -1.73. The summed E-state index contributed by atoms with van der Waals surface area (Å²) in [5.41, 5.74) is -0.307. The van der Waals surface area contributed by atoms with Gasteiger partial charge in [0.05, 0.1) is 21.8 Å². The molecule has 7 heteroatoms. The molecule has 1 saturated heterocycles. The molecule has 0 saturated carbocycles. The second-order valence-electron chi connectivity index (χ2n) is 5.68. The van der Waals surface area contributed by atoms with Gasteiger partial charge in [-0.25, -0.2) is 0 Å². The van der Waals surface area contributed by atoms with Gasteiger partial charge < -0.3 is 9.31 Å². The molecule has 0 radical (unpaired) electrons. The van der Waals surface area contributed by atoms with Gasteiger partial charge in [-0.2, -0.15) is 0 Å². The third-order valence-electron chi connectivity index (χ3n) is 3.67. The lowest BCUT2D eigenvalue weighted by Gasteiger charge is -2.32. The summed E-state index contributed by atoms with van der Waals surface area (Å²) >= 11 is 0. The predicted molar refractivity (Wildman–Crippen MR) is 76.0 cm³/mol. The van der Waals surface area contributed by atoms with Crippen molar-refractivity contribution in [3.05, 3.63) is 40.1 Å². The minimum absolute atomic E-state index is 0.00793. The van der Waals surface area contributed by atoms with E-state index in [0.717, 1.165) is 0 Å². The third kappa shape index (κ3) is 2.89. The lowest BCUT2D eigenvalue weighted by Crippen LogP contribution is -2.41. The van der Waals surface area contributed by atoms with E-state index in [2.05, 4.69) is 4.98 Å². The second-order valence-corrected chi connectivity index (χ2v) is 5.68. The molecule has 1 fully saturated rings. The van der Waals surface area contributed by atoms with Crippen molar-refractivity contribution >= 4 is 18.9 Å². The van der Waals surface area contributed by atoms with Gasteiger partial charge in [-0.1, -0.05) is 5.98 Å². The van der Waals surface area contributed by atoms with Crippen molar-refractivity contribution in [2.45, 2.75) is 38.9 Å². The molecule has 0 atom stereocenters. The summed E-state index contributed by atoms with van der Waals surface area (Å²) in [6.07, 6.45) is 3.07. The van der Waals surface area contributed by atoms with Crippen LogP contribution in [0.4, 0.5) is 5.69 Å². The van der Waals surface area contributed by atoms with E-state index in [9.17, 15) is 10.1 Å². The molecule has 6 nitrogen and oxygen atoms in total. The van der Waals surface area contributed by atoms with Crippen molar-refractivity contribution in [3.8, 4) is 0 Å². The average Bonchev–Trinajstić information content (AvgIpc) is 2.56. The first-order chi connectivity index (χ1) is 9.21. The van der Waals surface area contributed by atoms with Crippen LogP contribution >= 0.6 is 0 Å². The topological polar surface area (TPSA) is 74.5 Å². The lowest BCUT2D eigenvalue weighted by atomic mass is 9.89. The van der Waals surface area contributed by atoms with Crippen LogP contribution in [0.5, 0.6) is 0 Å². The van der Waals surface area contributed by atoms with Gasteiger partial charge in [0.2, 0.25) is 0 Å². The van der Waals surface area contributed by atoms with Crippen LogP contribution in [0.25, 0.3) is 6.08 Å². The van der Waals surface area contributed by atoms with E-state index in [4.69, 9.17) is 9.31 Å². The van der Waals surface area contributed by atoms with E-state index in [1.165, 1.54) is 18.3 Å². The lowest BCUT2D eigenvalue weighted by molar-refractivity contribution is -0.384. The first-order valence-corrected chi connectivity index (χ1v) is 6.35. The number of aromatic nitrogens is 1. The molecule has 2 rings (SSSR count). The molecule has 1 aromatic rings. The normalized spacial score (nSPS) is 20.5. The van der Waals surface area contributed by atoms with Crippen LogP contribution in [0.3, 0.4) is 0 Å². The maximum atomic E-state index is 10.7. The quantitative estimate of drug-likeness (QED) is 0.482. The van der Waals surface area contributed by atoms with Gasteiger partial charge in [0.25, 0.3) is 5.69 Å². The average molecular weight is 276 g/mol. The first-order valence-electron chi connectivity index (χ1n) is 6.35. The second kappa shape index (κ2) is 4.99. The number of nitro groups is 1. The Kier molecular flexibility index (Phi) is 3.66. The number of nitrogens with zero attached hydrogens (tertiary/aromatic N) is 2. The van der Waals surface area contributed by atoms with Crippen molar-refractivity contribution in [2.75, 3.05) is 0 Å². The van der Waals surface area contributed by atoms with E-state index < -0.39 is 23.2 Å². The minimum Gasteiger partial charge on any atom is -0.400 e. The van der Waals surface area contributed by atoms with Crippen molar-refractivity contribution < 1.29 is 14.2 Å². The maximum absolute atomic E-state index is 10.7. The summed E-state index contributed by atoms with van der Waals surface area (Å²) in [6, 6.07) is 2.76. The van der Waals surface area contributed by atoms with Crippen LogP contribution in [0.1, 0.15) is 33.4 Å². The number of hydrogen-bond acceptors (Lipinski definition) is 5. The highest BCUT2D eigenvalue weighted by Crippen LogP contribution is 2.36. The van der Waals surface area contributed by atoms with Gasteiger partial charge in [0.15, 0.2) is 0 Å². The van der Waals surface area contributed by atoms with E-state index in [1.807, 2.05) is 27.7 Å². The summed E-state index contributed by atoms with van der Waals surface area (Å²) in [7, 11) is -0.485. The fourth-order valence-corrected chi connectivity index (χ4v) is 1.79. The van der Waals surface area contributed by atoms with Crippen LogP contribution in [-0.2, 0) is 9.31 Å². The zero-order valence-corrected chi connectivity index (χ0v) is 12.0. The number of pyridine rings is 1. The molecule has 1 aromatic heterocycles. The Morgan fingerprint density at radius 3 is 2.45 bits per heavy atom. The molecule has 1 aliphatic rings. The zero-order chi connectivity index (χ0) is 15.0. The molecular formula is C13H17BN2O4. The monoisotopic (exact) mass is 276 g/mol. The summed E-state index contributed by atoms with van der Waals surface area (Å²) in [5, 5.41) is 10.7. The summed E-state index contributed by atoms with van der Waals surface area (Å²) in [4.78, 5) is 14.3. The summed E-state index contributed by atoms with van der Waals surface area (Å²) in [6.45, 7) is 7.86. The standard InChI is InChI=1S/C13H17BN2O4/c1-12(2)13(3,4)20-14(19-12)7-5-10-9-11(16(17)18)6-8-15-10/h5-9H,1-4H3/b7-5+. The van der Waals surface area contributed by atoms with Gasteiger partial charge in [-0.05, 0) is 33.8 Å². The van der Waals surface area contributed by atoms with Crippen LogP contribution in [0, 0.1) is 10.1 Å². The first kappa shape index (κ1) is 14.7. The van der Waals surface area contributed by atoms with Crippen LogP contribution in [-0.4, -0.2) is 28.2 Å². The smallest absolute Gasteiger partial charge is 0.400 e. The van der Waals surface area contributed by atoms with Crippen molar-refractivity contribution in [2.24, 2.45) is 0 Å². The van der Waals surface area contributed by atoms with Gasteiger partial charge in [0, 0.05) is 18.3 Å². The van der Waals surface area contributed by atoms with Crippen molar-refractivity contribution in [1.29, 1.82) is 0 Å². The van der Waals surface area contributed by atoms with Crippen molar-refractivity contribution in [1.82, 2.24) is 4.98 Å². The van der Waals surface area contributed by atoms with Crippen molar-refractivity contribution in [3.63, 3.8) is 0 Å². The Balaban J connectivity index is 2.12. The number of hydrogen-bond donors (Lipinski definition) is 0. The fraction of sp³-hybridized carbons (Fsp3) is 0.462. The van der Waals surface area contributed by atoms with E-state index in [-0.39, 0.29) is 5.69 Å². The number of rotatable bonds is 3. The largest absolute Gasteiger partial charge is 0.487 e. The zero-order valence-electron chi connectivity index (χ0n) is 12.0. The Labute approximate surface area is 118 Å². The molecule has 1 aliphatic heterocycles. The Bertz CT molecular complexity index is 541. The van der Waals surface area contributed by atoms with E-state index in [1.54, 1.807) is 12.1 Å². The Morgan fingerprint density at radius 1 is 1.30 bits per heavy atom. The van der Waals surface area contributed by atoms with Gasteiger partial charge in [0.1, 0.15) is 0 Å². The van der Waals surface area contributed by atoms with Crippen LogP contribution < -0.4 is 0 Å². The molecule has 0 aliphatic carbocycles. The van der Waals surface area contributed by atoms with Crippen LogP contribution in [0.15, 0.2) is 24.3 Å². The Morgan fingerprint density at radius 2 is 1.90 bits per heavy atom. The maximum Gasteiger partial charge on any atom is 0.487 e. The predicted octanol–water partition coefficient (Wildman–Crippen LogP) is 2.63. The molecule has 0 spiro atoms. The summed E-state index contributed by atoms with van der Waals surface area (Å²) in [5.74, 6) is 1.71.